The predicted octanol–water partition coefficient (Wildman–Crippen LogP) is 2.75. The minimum Gasteiger partial charge on any atom is -0.334 e. The number of hydrogen-bond donors (Lipinski definition) is 1. The minimum atomic E-state index is 0.395. The molecule has 1 fully saturated rings. The first kappa shape index (κ1) is 12.5. The molecule has 1 aliphatic heterocycles. The van der Waals surface area contributed by atoms with E-state index in [4.69, 9.17) is 4.52 Å². The van der Waals surface area contributed by atoms with Crippen molar-refractivity contribution >= 4 is 10.9 Å². The lowest BCUT2D eigenvalue weighted by Crippen LogP contribution is -2.27. The minimum absolute atomic E-state index is 0.395. The van der Waals surface area contributed by atoms with Gasteiger partial charge in [-0.2, -0.15) is 4.98 Å². The zero-order chi connectivity index (χ0) is 14.1. The van der Waals surface area contributed by atoms with Crippen LogP contribution in [0.4, 0.5) is 0 Å². The Morgan fingerprint density at radius 1 is 1.10 bits per heavy atom. The molecule has 1 aliphatic rings. The summed E-state index contributed by atoms with van der Waals surface area (Å²) in [6.07, 6.45) is 3.91. The van der Waals surface area contributed by atoms with Gasteiger partial charge in [-0.3, -0.25) is 4.98 Å². The van der Waals surface area contributed by atoms with Crippen molar-refractivity contribution in [2.75, 3.05) is 13.1 Å². The van der Waals surface area contributed by atoms with Crippen molar-refractivity contribution < 1.29 is 4.52 Å². The Morgan fingerprint density at radius 2 is 1.95 bits per heavy atom. The van der Waals surface area contributed by atoms with Crippen LogP contribution in [0.5, 0.6) is 0 Å². The number of piperidine rings is 1. The Bertz CT molecular complexity index is 756. The lowest BCUT2D eigenvalue weighted by molar-refractivity contribution is 0.392. The first-order valence-corrected chi connectivity index (χ1v) is 7.30. The van der Waals surface area contributed by atoms with Gasteiger partial charge >= 0.3 is 0 Å². The zero-order valence-electron chi connectivity index (χ0n) is 11.6. The summed E-state index contributed by atoms with van der Waals surface area (Å²) in [5, 5.41) is 8.61. The summed E-state index contributed by atoms with van der Waals surface area (Å²) in [5.74, 6) is 1.78. The number of fused-ring (bicyclic) bond motifs is 1. The molecule has 0 radical (unpaired) electrons. The van der Waals surface area contributed by atoms with Gasteiger partial charge in [0.15, 0.2) is 5.82 Å². The van der Waals surface area contributed by atoms with E-state index in [1.165, 1.54) is 0 Å². The number of nitrogens with one attached hydrogen (secondary N) is 1. The van der Waals surface area contributed by atoms with Crippen molar-refractivity contribution in [2.45, 2.75) is 18.8 Å². The van der Waals surface area contributed by atoms with Gasteiger partial charge in [0.25, 0.3) is 5.89 Å². The van der Waals surface area contributed by atoms with Crippen LogP contribution in [-0.2, 0) is 0 Å². The average Bonchev–Trinajstić information content (AvgIpc) is 3.05. The molecule has 2 aromatic heterocycles. The maximum absolute atomic E-state index is 5.49. The Morgan fingerprint density at radius 3 is 2.86 bits per heavy atom. The molecule has 21 heavy (non-hydrogen) atoms. The van der Waals surface area contributed by atoms with Crippen LogP contribution < -0.4 is 5.32 Å². The van der Waals surface area contributed by atoms with Crippen molar-refractivity contribution in [3.8, 4) is 11.5 Å². The van der Waals surface area contributed by atoms with E-state index in [1.807, 2.05) is 30.3 Å². The second kappa shape index (κ2) is 5.26. The molecule has 0 spiro atoms. The van der Waals surface area contributed by atoms with Crippen molar-refractivity contribution in [1.29, 1.82) is 0 Å². The van der Waals surface area contributed by atoms with Gasteiger partial charge in [0.2, 0.25) is 0 Å². The summed E-state index contributed by atoms with van der Waals surface area (Å²) in [6, 6.07) is 9.98. The number of hydrogen-bond acceptors (Lipinski definition) is 5. The maximum Gasteiger partial charge on any atom is 0.260 e. The van der Waals surface area contributed by atoms with Crippen LogP contribution in [0, 0.1) is 0 Å². The van der Waals surface area contributed by atoms with Gasteiger partial charge in [-0.1, -0.05) is 23.4 Å². The lowest BCUT2D eigenvalue weighted by Gasteiger charge is -2.18. The predicted molar refractivity (Wildman–Crippen MR) is 79.9 cm³/mol. The van der Waals surface area contributed by atoms with E-state index < -0.39 is 0 Å². The van der Waals surface area contributed by atoms with Gasteiger partial charge < -0.3 is 9.84 Å². The molecule has 1 saturated heterocycles. The Hall–Kier alpha value is -2.27. The third kappa shape index (κ3) is 2.29. The summed E-state index contributed by atoms with van der Waals surface area (Å²) >= 11 is 0. The summed E-state index contributed by atoms with van der Waals surface area (Å²) in [5.41, 5.74) is 1.81. The largest absolute Gasteiger partial charge is 0.334 e. The van der Waals surface area contributed by atoms with Crippen LogP contribution >= 0.6 is 0 Å². The number of para-hydroxylation sites is 1. The van der Waals surface area contributed by atoms with Crippen molar-refractivity contribution in [3.63, 3.8) is 0 Å². The SMILES string of the molecule is c1cnc2c(-c3nc(C4CCNCC4)no3)cccc2c1. The van der Waals surface area contributed by atoms with Crippen molar-refractivity contribution in [1.82, 2.24) is 20.4 Å². The van der Waals surface area contributed by atoms with Gasteiger partial charge in [-0.25, -0.2) is 0 Å². The highest BCUT2D eigenvalue weighted by Crippen LogP contribution is 2.28. The topological polar surface area (TPSA) is 63.8 Å². The molecule has 0 bridgehead atoms. The zero-order valence-corrected chi connectivity index (χ0v) is 11.6. The van der Waals surface area contributed by atoms with Crippen LogP contribution in [0.2, 0.25) is 0 Å². The summed E-state index contributed by atoms with van der Waals surface area (Å²) in [4.78, 5) is 9.05. The highest BCUT2D eigenvalue weighted by molar-refractivity contribution is 5.91. The van der Waals surface area contributed by atoms with Crippen LogP contribution in [-0.4, -0.2) is 28.2 Å². The maximum atomic E-state index is 5.49. The van der Waals surface area contributed by atoms with E-state index >= 15 is 0 Å². The monoisotopic (exact) mass is 280 g/mol. The third-order valence-corrected chi connectivity index (χ3v) is 4.01. The van der Waals surface area contributed by atoms with Gasteiger partial charge in [-0.05, 0) is 38.1 Å². The number of rotatable bonds is 2. The van der Waals surface area contributed by atoms with Crippen LogP contribution in [0.15, 0.2) is 41.1 Å². The quantitative estimate of drug-likeness (QED) is 0.782. The van der Waals surface area contributed by atoms with Gasteiger partial charge in [0.1, 0.15) is 0 Å². The Kier molecular flexibility index (Phi) is 3.12. The molecule has 0 amide bonds. The van der Waals surface area contributed by atoms with Crippen molar-refractivity contribution in [2.24, 2.45) is 0 Å². The van der Waals surface area contributed by atoms with E-state index in [1.54, 1.807) is 6.20 Å². The van der Waals surface area contributed by atoms with Crippen LogP contribution in [0.1, 0.15) is 24.6 Å². The normalized spacial score (nSPS) is 16.4. The number of benzene rings is 1. The van der Waals surface area contributed by atoms with E-state index in [0.717, 1.165) is 48.2 Å². The molecular weight excluding hydrogens is 264 g/mol. The highest BCUT2D eigenvalue weighted by atomic mass is 16.5. The average molecular weight is 280 g/mol. The Labute approximate surface area is 122 Å². The summed E-state index contributed by atoms with van der Waals surface area (Å²) < 4.78 is 5.49. The van der Waals surface area contributed by atoms with E-state index in [0.29, 0.717) is 11.8 Å². The van der Waals surface area contributed by atoms with Gasteiger partial charge in [-0.15, -0.1) is 0 Å². The van der Waals surface area contributed by atoms with Gasteiger partial charge in [0.05, 0.1) is 11.1 Å². The lowest BCUT2D eigenvalue weighted by atomic mass is 9.98. The fourth-order valence-electron chi connectivity index (χ4n) is 2.87. The molecule has 5 heteroatoms. The molecule has 0 saturated carbocycles. The standard InChI is InChI=1S/C16H16N4O/c1-3-11-4-2-8-18-14(11)13(5-1)16-19-15(20-21-16)12-6-9-17-10-7-12/h1-5,8,12,17H,6-7,9-10H2. The fraction of sp³-hybridized carbons (Fsp3) is 0.312. The fourth-order valence-corrected chi connectivity index (χ4v) is 2.87. The first-order chi connectivity index (χ1) is 10.4. The molecule has 5 nitrogen and oxygen atoms in total. The molecule has 1 aromatic carbocycles. The first-order valence-electron chi connectivity index (χ1n) is 7.30. The second-order valence-corrected chi connectivity index (χ2v) is 5.36. The molecule has 1 N–H and O–H groups in total. The van der Waals surface area contributed by atoms with Crippen LogP contribution in [0.3, 0.4) is 0 Å². The van der Waals surface area contributed by atoms with E-state index in [2.05, 4.69) is 20.4 Å². The molecule has 0 aliphatic carbocycles. The molecular formula is C16H16N4O. The van der Waals surface area contributed by atoms with E-state index in [9.17, 15) is 0 Å². The molecule has 3 aromatic rings. The van der Waals surface area contributed by atoms with Crippen molar-refractivity contribution in [3.05, 3.63) is 42.4 Å². The molecule has 106 valence electrons. The third-order valence-electron chi connectivity index (χ3n) is 4.01. The summed E-state index contributed by atoms with van der Waals surface area (Å²) in [7, 11) is 0. The number of nitrogens with zero attached hydrogens (tertiary/aromatic N) is 3. The highest BCUT2D eigenvalue weighted by Gasteiger charge is 2.21. The van der Waals surface area contributed by atoms with E-state index in [-0.39, 0.29) is 0 Å². The molecule has 0 atom stereocenters. The molecule has 4 rings (SSSR count). The number of pyridine rings is 1. The second-order valence-electron chi connectivity index (χ2n) is 5.36. The van der Waals surface area contributed by atoms with Gasteiger partial charge in [0, 0.05) is 17.5 Å². The van der Waals surface area contributed by atoms with Crippen LogP contribution in [0.25, 0.3) is 22.4 Å². The Balaban J connectivity index is 1.74. The molecule has 3 heterocycles. The number of aromatic nitrogens is 3. The molecule has 0 unspecified atom stereocenters. The smallest absolute Gasteiger partial charge is 0.260 e. The summed E-state index contributed by atoms with van der Waals surface area (Å²) in [6.45, 7) is 2.04.